The van der Waals surface area contributed by atoms with Gasteiger partial charge in [-0.25, -0.2) is 0 Å². The van der Waals surface area contributed by atoms with Gasteiger partial charge in [0, 0.05) is 20.5 Å². The highest BCUT2D eigenvalue weighted by Crippen LogP contribution is 2.07. The lowest BCUT2D eigenvalue weighted by Crippen LogP contribution is -2.56. The molecule has 212 valence electrons. The number of ketones is 1. The van der Waals surface area contributed by atoms with Gasteiger partial charge in [0.1, 0.15) is 24.7 Å². The molecule has 2 rings (SSSR count). The molecule has 0 radical (unpaired) electrons. The number of nitrogens with zero attached hydrogens (tertiary/aromatic N) is 5. The van der Waals surface area contributed by atoms with E-state index in [4.69, 9.17) is 0 Å². The number of nitrogens with one attached hydrogen (secondary N) is 3. The Labute approximate surface area is 226 Å². The van der Waals surface area contributed by atoms with Crippen LogP contribution >= 0.6 is 0 Å². The second-order valence-corrected chi connectivity index (χ2v) is 9.64. The van der Waals surface area contributed by atoms with Crippen LogP contribution in [-0.4, -0.2) is 87.0 Å². The maximum Gasteiger partial charge on any atom is 0.305 e. The van der Waals surface area contributed by atoms with Gasteiger partial charge in [-0.15, -0.1) is 5.10 Å². The maximum absolute atomic E-state index is 12.9. The number of anilines is 1. The summed E-state index contributed by atoms with van der Waals surface area (Å²) >= 11 is 0. The van der Waals surface area contributed by atoms with Crippen LogP contribution < -0.4 is 20.9 Å². The number of rotatable bonds is 15. The number of hydrogen-bond acceptors (Lipinski definition) is 9. The zero-order chi connectivity index (χ0) is 29.1. The van der Waals surface area contributed by atoms with Crippen molar-refractivity contribution < 1.29 is 29.1 Å². The first-order valence-corrected chi connectivity index (χ1v) is 12.5. The summed E-state index contributed by atoms with van der Waals surface area (Å²) in [5.41, 5.74) is 0.992. The summed E-state index contributed by atoms with van der Waals surface area (Å²) in [6.07, 6.45) is 0.0241. The van der Waals surface area contributed by atoms with E-state index in [1.807, 2.05) is 30.3 Å². The van der Waals surface area contributed by atoms with Gasteiger partial charge >= 0.3 is 5.97 Å². The van der Waals surface area contributed by atoms with E-state index in [-0.39, 0.29) is 24.2 Å². The summed E-state index contributed by atoms with van der Waals surface area (Å²) in [6.45, 7) is 4.50. The number of benzene rings is 1. The Balaban J connectivity index is 1.96. The number of carbonyl (C=O) groups is 5. The summed E-state index contributed by atoms with van der Waals surface area (Å²) in [5, 5.41) is 28.4. The highest BCUT2D eigenvalue weighted by molar-refractivity contribution is 5.95. The molecule has 14 heteroatoms. The highest BCUT2D eigenvalue weighted by Gasteiger charge is 2.30. The fraction of sp³-hybridized carbons (Fsp3) is 0.520. The summed E-state index contributed by atoms with van der Waals surface area (Å²) in [4.78, 5) is 64.8. The predicted molar refractivity (Wildman–Crippen MR) is 140 cm³/mol. The fourth-order valence-corrected chi connectivity index (χ4v) is 3.50. The van der Waals surface area contributed by atoms with Gasteiger partial charge in [-0.1, -0.05) is 49.3 Å². The van der Waals surface area contributed by atoms with Crippen LogP contribution in [0.25, 0.3) is 0 Å². The van der Waals surface area contributed by atoms with E-state index in [0.717, 1.165) is 10.4 Å². The molecule has 0 bridgehead atoms. The molecular formula is C25H36N8O6. The van der Waals surface area contributed by atoms with Crippen LogP contribution in [0, 0.1) is 5.92 Å². The van der Waals surface area contributed by atoms with Gasteiger partial charge in [-0.05, 0) is 30.0 Å². The third-order valence-corrected chi connectivity index (χ3v) is 5.72. The van der Waals surface area contributed by atoms with Gasteiger partial charge in [0.05, 0.1) is 6.42 Å². The molecule has 0 fully saturated rings. The van der Waals surface area contributed by atoms with Crippen molar-refractivity contribution >= 4 is 35.4 Å². The molecule has 3 amide bonds. The second kappa shape index (κ2) is 14.5. The summed E-state index contributed by atoms with van der Waals surface area (Å²) in [7, 11) is 3.37. The molecule has 0 aliphatic carbocycles. The van der Waals surface area contributed by atoms with E-state index in [0.29, 0.717) is 6.42 Å². The molecule has 2 aromatic rings. The van der Waals surface area contributed by atoms with Crippen molar-refractivity contribution in [1.29, 1.82) is 0 Å². The van der Waals surface area contributed by atoms with E-state index >= 15 is 0 Å². The van der Waals surface area contributed by atoms with Crippen LogP contribution in [0.2, 0.25) is 0 Å². The Morgan fingerprint density at radius 2 is 1.64 bits per heavy atom. The van der Waals surface area contributed by atoms with Crippen LogP contribution in [0.4, 0.5) is 5.95 Å². The molecule has 0 spiro atoms. The molecule has 4 N–H and O–H groups in total. The van der Waals surface area contributed by atoms with Crippen LogP contribution in [0.3, 0.4) is 0 Å². The average Bonchev–Trinajstić information content (AvgIpc) is 3.34. The smallest absolute Gasteiger partial charge is 0.305 e. The van der Waals surface area contributed by atoms with E-state index in [1.54, 1.807) is 32.8 Å². The molecule has 0 saturated carbocycles. The van der Waals surface area contributed by atoms with E-state index < -0.39 is 54.7 Å². The Kier molecular flexibility index (Phi) is 11.5. The lowest BCUT2D eigenvalue weighted by atomic mass is 10.0. The molecule has 0 aliphatic heterocycles. The normalized spacial score (nSPS) is 13.2. The van der Waals surface area contributed by atoms with Gasteiger partial charge < -0.3 is 26.0 Å². The molecule has 3 unspecified atom stereocenters. The Morgan fingerprint density at radius 3 is 2.21 bits per heavy atom. The number of hydrogen-bond donors (Lipinski definition) is 4. The van der Waals surface area contributed by atoms with E-state index in [1.165, 1.54) is 6.92 Å². The van der Waals surface area contributed by atoms with Gasteiger partial charge in [0.2, 0.25) is 17.7 Å². The maximum atomic E-state index is 12.9. The second-order valence-electron chi connectivity index (χ2n) is 9.64. The number of aryl methyl sites for hydroxylation is 1. The van der Waals surface area contributed by atoms with Crippen LogP contribution in [0.15, 0.2) is 30.3 Å². The number of amides is 3. The molecule has 1 heterocycles. The predicted octanol–water partition coefficient (Wildman–Crippen LogP) is -0.454. The van der Waals surface area contributed by atoms with Crippen molar-refractivity contribution in [2.75, 3.05) is 19.0 Å². The number of carbonyl (C=O) groups excluding carboxylic acids is 4. The van der Waals surface area contributed by atoms with Crippen molar-refractivity contribution in [2.45, 2.75) is 64.7 Å². The molecule has 14 nitrogen and oxygen atoms in total. The van der Waals surface area contributed by atoms with Crippen LogP contribution in [-0.2, 0) is 36.9 Å². The molecule has 0 aliphatic rings. The van der Waals surface area contributed by atoms with Gasteiger partial charge in [0.25, 0.3) is 5.95 Å². The summed E-state index contributed by atoms with van der Waals surface area (Å²) in [5.74, 6) is -3.63. The zero-order valence-electron chi connectivity index (χ0n) is 22.7. The first-order valence-electron chi connectivity index (χ1n) is 12.5. The van der Waals surface area contributed by atoms with E-state index in [9.17, 15) is 29.1 Å². The Morgan fingerprint density at radius 1 is 0.974 bits per heavy atom. The number of carboxylic acid groups (broad SMARTS) is 1. The largest absolute Gasteiger partial charge is 0.481 e. The number of tetrazole rings is 1. The minimum atomic E-state index is -1.39. The lowest BCUT2D eigenvalue weighted by Gasteiger charge is -2.25. The molecule has 39 heavy (non-hydrogen) atoms. The number of aromatic nitrogens is 4. The molecule has 0 saturated heterocycles. The Hall–Kier alpha value is -4.36. The number of aliphatic carboxylic acids is 1. The van der Waals surface area contributed by atoms with E-state index in [2.05, 4.69) is 31.4 Å². The van der Waals surface area contributed by atoms with Crippen molar-refractivity contribution in [2.24, 2.45) is 5.92 Å². The van der Waals surface area contributed by atoms with Crippen molar-refractivity contribution in [3.05, 3.63) is 35.9 Å². The third kappa shape index (κ3) is 10.1. The average molecular weight is 545 g/mol. The number of carboxylic acids is 1. The quantitative estimate of drug-likeness (QED) is 0.228. The standard InChI is InChI=1S/C25H36N8O6/c1-15(2)22(28-20(35)12-11-17-9-7-6-8-10-17)24(39)26-16(3)23(38)27-18(13-21(36)37)19(34)14-33-30-25(29-31-33)32(4)5/h6-10,15-16,18,22H,11-14H2,1-5H3,(H,26,39)(H,27,38)(H,28,35)(H,36,37). The molecular weight excluding hydrogens is 508 g/mol. The van der Waals surface area contributed by atoms with Gasteiger partial charge in [-0.3, -0.25) is 24.0 Å². The molecule has 3 atom stereocenters. The molecule has 1 aromatic carbocycles. The van der Waals surface area contributed by atoms with Crippen molar-refractivity contribution in [3.63, 3.8) is 0 Å². The minimum Gasteiger partial charge on any atom is -0.481 e. The number of Topliss-reactive ketones (excluding diaryl/α,β-unsaturated/α-hetero) is 1. The zero-order valence-corrected chi connectivity index (χ0v) is 22.7. The summed E-state index contributed by atoms with van der Waals surface area (Å²) < 4.78 is 0. The first-order chi connectivity index (χ1) is 18.4. The van der Waals surface area contributed by atoms with Crippen LogP contribution in [0.5, 0.6) is 0 Å². The SMILES string of the molecule is CC(NC(=O)C(NC(=O)CCc1ccccc1)C(C)C)C(=O)NC(CC(=O)O)C(=O)Cn1nnc(N(C)C)n1. The van der Waals surface area contributed by atoms with Crippen LogP contribution in [0.1, 0.15) is 39.2 Å². The summed E-state index contributed by atoms with van der Waals surface area (Å²) in [6, 6.07) is 6.06. The van der Waals surface area contributed by atoms with Crippen molar-refractivity contribution in [1.82, 2.24) is 36.2 Å². The molecule has 1 aromatic heterocycles. The third-order valence-electron chi connectivity index (χ3n) is 5.72. The highest BCUT2D eigenvalue weighted by atomic mass is 16.4. The topological polar surface area (TPSA) is 189 Å². The lowest BCUT2D eigenvalue weighted by molar-refractivity contribution is -0.140. The minimum absolute atomic E-state index is 0.187. The Bertz CT molecular complexity index is 1150. The van der Waals surface area contributed by atoms with Crippen molar-refractivity contribution in [3.8, 4) is 0 Å². The van der Waals surface area contributed by atoms with Gasteiger partial charge in [0.15, 0.2) is 5.78 Å². The first kappa shape index (κ1) is 30.9. The fourth-order valence-electron chi connectivity index (χ4n) is 3.50. The van der Waals surface area contributed by atoms with Gasteiger partial charge in [-0.2, -0.15) is 4.80 Å². The monoisotopic (exact) mass is 544 g/mol.